The molecule has 3 atom stereocenters. The first kappa shape index (κ1) is 22.8. The fourth-order valence-corrected chi connectivity index (χ4v) is 6.10. The first-order valence-corrected chi connectivity index (χ1v) is 11.8. The number of carboxylic acids is 1. The largest absolute Gasteiger partial charge is 0.481 e. The maximum absolute atomic E-state index is 13.0. The molecule has 3 rings (SSSR count). The second-order valence-electron chi connectivity index (χ2n) is 9.56. The number of carbonyl (C=O) groups excluding carboxylic acids is 2. The SMILES string of the molecule is CCOC(=O)c1c(NC(=O)[C@H]2CCCC[C@H]2C(=O)O)sc2c1CC[C@@H](C(C)(C)C)C2. The van der Waals surface area contributed by atoms with Gasteiger partial charge in [-0.15, -0.1) is 11.3 Å². The quantitative estimate of drug-likeness (QED) is 0.641. The number of esters is 1. The van der Waals surface area contributed by atoms with Gasteiger partial charge in [-0.1, -0.05) is 33.6 Å². The summed E-state index contributed by atoms with van der Waals surface area (Å²) < 4.78 is 5.30. The van der Waals surface area contributed by atoms with Gasteiger partial charge in [0.1, 0.15) is 5.00 Å². The van der Waals surface area contributed by atoms with Crippen molar-refractivity contribution in [2.24, 2.45) is 23.2 Å². The Morgan fingerprint density at radius 1 is 1.13 bits per heavy atom. The van der Waals surface area contributed by atoms with Gasteiger partial charge in [-0.2, -0.15) is 0 Å². The van der Waals surface area contributed by atoms with Crippen LogP contribution in [0.25, 0.3) is 0 Å². The van der Waals surface area contributed by atoms with Crippen LogP contribution in [-0.4, -0.2) is 29.6 Å². The highest BCUT2D eigenvalue weighted by atomic mass is 32.1. The van der Waals surface area contributed by atoms with Gasteiger partial charge >= 0.3 is 11.9 Å². The molecule has 1 heterocycles. The molecule has 1 saturated carbocycles. The number of hydrogen-bond donors (Lipinski definition) is 2. The number of rotatable bonds is 5. The number of carboxylic acid groups (broad SMARTS) is 1. The molecule has 0 saturated heterocycles. The second-order valence-corrected chi connectivity index (χ2v) is 10.7. The summed E-state index contributed by atoms with van der Waals surface area (Å²) in [5.74, 6) is -2.33. The van der Waals surface area contributed by atoms with Crippen molar-refractivity contribution in [3.05, 3.63) is 16.0 Å². The molecule has 166 valence electrons. The van der Waals surface area contributed by atoms with E-state index in [1.807, 2.05) is 0 Å². The molecular weight excluding hydrogens is 402 g/mol. The predicted octanol–water partition coefficient (Wildman–Crippen LogP) is 4.91. The van der Waals surface area contributed by atoms with Crippen LogP contribution in [0.5, 0.6) is 0 Å². The highest BCUT2D eigenvalue weighted by molar-refractivity contribution is 7.17. The fourth-order valence-electron chi connectivity index (χ4n) is 4.78. The average Bonchev–Trinajstić information content (AvgIpc) is 3.04. The number of carbonyl (C=O) groups is 3. The molecular formula is C23H33NO5S. The van der Waals surface area contributed by atoms with Crippen molar-refractivity contribution in [1.82, 2.24) is 0 Å². The Bertz CT molecular complexity index is 822. The van der Waals surface area contributed by atoms with Crippen LogP contribution in [0.3, 0.4) is 0 Å². The van der Waals surface area contributed by atoms with Gasteiger partial charge < -0.3 is 15.2 Å². The Hall–Kier alpha value is -1.89. The molecule has 30 heavy (non-hydrogen) atoms. The first-order valence-electron chi connectivity index (χ1n) is 11.0. The molecule has 2 N–H and O–H groups in total. The third-order valence-corrected chi connectivity index (χ3v) is 7.80. The van der Waals surface area contributed by atoms with Gasteiger partial charge in [-0.25, -0.2) is 4.79 Å². The van der Waals surface area contributed by atoms with E-state index in [9.17, 15) is 19.5 Å². The van der Waals surface area contributed by atoms with Crippen LogP contribution in [0.1, 0.15) is 80.6 Å². The van der Waals surface area contributed by atoms with Crippen LogP contribution in [0, 0.1) is 23.2 Å². The minimum atomic E-state index is -0.918. The van der Waals surface area contributed by atoms with Gasteiger partial charge in [-0.3, -0.25) is 9.59 Å². The molecule has 6 nitrogen and oxygen atoms in total. The van der Waals surface area contributed by atoms with Gasteiger partial charge in [0.15, 0.2) is 0 Å². The van der Waals surface area contributed by atoms with Crippen LogP contribution in [0.4, 0.5) is 5.00 Å². The molecule has 0 radical (unpaired) electrons. The van der Waals surface area contributed by atoms with Crippen molar-refractivity contribution in [3.8, 4) is 0 Å². The molecule has 2 aliphatic rings. The molecule has 0 unspecified atom stereocenters. The smallest absolute Gasteiger partial charge is 0.341 e. The van der Waals surface area contributed by atoms with E-state index in [4.69, 9.17) is 4.74 Å². The van der Waals surface area contributed by atoms with E-state index in [-0.39, 0.29) is 17.9 Å². The zero-order valence-electron chi connectivity index (χ0n) is 18.4. The lowest BCUT2D eigenvalue weighted by Gasteiger charge is -2.33. The van der Waals surface area contributed by atoms with Gasteiger partial charge in [0.2, 0.25) is 5.91 Å². The van der Waals surface area contributed by atoms with Crippen molar-refractivity contribution in [2.75, 3.05) is 11.9 Å². The molecule has 1 amide bonds. The molecule has 1 aromatic heterocycles. The third kappa shape index (κ3) is 4.71. The van der Waals surface area contributed by atoms with Crippen molar-refractivity contribution < 1.29 is 24.2 Å². The molecule has 1 aromatic rings. The summed E-state index contributed by atoms with van der Waals surface area (Å²) in [5.41, 5.74) is 1.64. The summed E-state index contributed by atoms with van der Waals surface area (Å²) >= 11 is 1.46. The normalized spacial score (nSPS) is 24.1. The topological polar surface area (TPSA) is 92.7 Å². The van der Waals surface area contributed by atoms with E-state index in [1.54, 1.807) is 6.92 Å². The van der Waals surface area contributed by atoms with Crippen molar-refractivity contribution in [3.63, 3.8) is 0 Å². The van der Waals surface area contributed by atoms with Crippen molar-refractivity contribution in [2.45, 2.75) is 72.6 Å². The van der Waals surface area contributed by atoms with E-state index in [0.717, 1.165) is 42.5 Å². The number of hydrogen-bond acceptors (Lipinski definition) is 5. The van der Waals surface area contributed by atoms with Crippen molar-refractivity contribution >= 4 is 34.2 Å². The van der Waals surface area contributed by atoms with Gasteiger partial charge in [0, 0.05) is 4.88 Å². The van der Waals surface area contributed by atoms with Crippen molar-refractivity contribution in [1.29, 1.82) is 0 Å². The van der Waals surface area contributed by atoms with Crippen LogP contribution in [0.15, 0.2) is 0 Å². The predicted molar refractivity (Wildman–Crippen MR) is 117 cm³/mol. The number of anilines is 1. The Kier molecular flexibility index (Phi) is 6.90. The maximum Gasteiger partial charge on any atom is 0.341 e. The summed E-state index contributed by atoms with van der Waals surface area (Å²) in [4.78, 5) is 38.5. The minimum Gasteiger partial charge on any atom is -0.481 e. The zero-order chi connectivity index (χ0) is 22.1. The number of thiophene rings is 1. The molecule has 1 fully saturated rings. The second kappa shape index (κ2) is 9.08. The van der Waals surface area contributed by atoms with E-state index >= 15 is 0 Å². The average molecular weight is 436 g/mol. The highest BCUT2D eigenvalue weighted by Gasteiger charge is 2.38. The van der Waals surface area contributed by atoms with Crippen LogP contribution >= 0.6 is 11.3 Å². The van der Waals surface area contributed by atoms with Crippen LogP contribution in [-0.2, 0) is 27.2 Å². The molecule has 7 heteroatoms. The number of aliphatic carboxylic acids is 1. The Morgan fingerprint density at radius 2 is 1.80 bits per heavy atom. The van der Waals surface area contributed by atoms with Crippen LogP contribution < -0.4 is 5.32 Å². The summed E-state index contributed by atoms with van der Waals surface area (Å²) in [7, 11) is 0. The van der Waals surface area contributed by atoms with E-state index < -0.39 is 23.8 Å². The summed E-state index contributed by atoms with van der Waals surface area (Å²) in [6.07, 6.45) is 5.43. The van der Waals surface area contributed by atoms with Gasteiger partial charge in [0.25, 0.3) is 0 Å². The van der Waals surface area contributed by atoms with Crippen LogP contribution in [0.2, 0.25) is 0 Å². The van der Waals surface area contributed by atoms with E-state index in [2.05, 4.69) is 26.1 Å². The standard InChI is InChI=1S/C23H33NO5S/c1-5-29-22(28)18-16-11-10-13(23(2,3)4)12-17(16)30-20(18)24-19(25)14-8-6-7-9-15(14)21(26)27/h13-15H,5-12H2,1-4H3,(H,24,25)(H,26,27)/t13-,14+,15-/m1/s1. The van der Waals surface area contributed by atoms with E-state index in [1.165, 1.54) is 11.3 Å². The summed E-state index contributed by atoms with van der Waals surface area (Å²) in [5, 5.41) is 13.0. The molecule has 2 aliphatic carbocycles. The lowest BCUT2D eigenvalue weighted by atomic mass is 9.72. The fraction of sp³-hybridized carbons (Fsp3) is 0.696. The molecule has 0 aromatic carbocycles. The first-order chi connectivity index (χ1) is 14.1. The van der Waals surface area contributed by atoms with Gasteiger partial charge in [0.05, 0.1) is 24.0 Å². The lowest BCUT2D eigenvalue weighted by molar-refractivity contribution is -0.147. The Balaban J connectivity index is 1.90. The molecule has 0 aliphatic heterocycles. The minimum absolute atomic E-state index is 0.173. The highest BCUT2D eigenvalue weighted by Crippen LogP contribution is 2.45. The Morgan fingerprint density at radius 3 is 2.40 bits per heavy atom. The summed E-state index contributed by atoms with van der Waals surface area (Å²) in [6.45, 7) is 8.75. The van der Waals surface area contributed by atoms with E-state index in [0.29, 0.717) is 29.3 Å². The molecule has 0 bridgehead atoms. The van der Waals surface area contributed by atoms with Gasteiger partial charge in [-0.05, 0) is 55.9 Å². The number of amides is 1. The lowest BCUT2D eigenvalue weighted by Crippen LogP contribution is -2.36. The zero-order valence-corrected chi connectivity index (χ0v) is 19.2. The summed E-state index contributed by atoms with van der Waals surface area (Å²) in [6, 6.07) is 0. The third-order valence-electron chi connectivity index (χ3n) is 6.63. The Labute approximate surface area is 182 Å². The number of nitrogens with one attached hydrogen (secondary N) is 1. The maximum atomic E-state index is 13.0. The number of ether oxygens (including phenoxy) is 1. The monoisotopic (exact) mass is 435 g/mol. The molecule has 0 spiro atoms. The number of fused-ring (bicyclic) bond motifs is 1.